The fraction of sp³-hybridized carbons (Fsp3) is 0.538. The minimum atomic E-state index is -0.420. The first kappa shape index (κ1) is 12.8. The third kappa shape index (κ3) is 2.30. The number of pyridine rings is 1. The number of carbonyl (C=O) groups excluding carboxylic acids is 1. The molecule has 0 saturated carbocycles. The minimum absolute atomic E-state index is 0.118. The summed E-state index contributed by atoms with van der Waals surface area (Å²) >= 11 is 0. The number of ketones is 1. The maximum atomic E-state index is 12.4. The molecule has 0 aliphatic heterocycles. The largest absolute Gasteiger partial charge is 0.329 e. The van der Waals surface area contributed by atoms with Gasteiger partial charge in [0.05, 0.1) is 0 Å². The van der Waals surface area contributed by atoms with Crippen LogP contribution < -0.4 is 5.73 Å². The Morgan fingerprint density at radius 1 is 1.38 bits per heavy atom. The van der Waals surface area contributed by atoms with Crippen LogP contribution in [0.1, 0.15) is 42.7 Å². The maximum absolute atomic E-state index is 12.4. The van der Waals surface area contributed by atoms with E-state index in [0.29, 0.717) is 12.1 Å². The summed E-state index contributed by atoms with van der Waals surface area (Å²) in [7, 11) is 0. The smallest absolute Gasteiger partial charge is 0.171 e. The number of hydrogen-bond acceptors (Lipinski definition) is 3. The van der Waals surface area contributed by atoms with Gasteiger partial charge < -0.3 is 5.73 Å². The van der Waals surface area contributed by atoms with Gasteiger partial charge in [0.15, 0.2) is 5.78 Å². The van der Waals surface area contributed by atoms with Crippen molar-refractivity contribution < 1.29 is 4.79 Å². The predicted octanol–water partition coefficient (Wildman–Crippen LogP) is 2.34. The average Bonchev–Trinajstić information content (AvgIpc) is 2.33. The normalized spacial score (nSPS) is 11.5. The molecule has 1 heterocycles. The van der Waals surface area contributed by atoms with E-state index in [9.17, 15) is 4.79 Å². The summed E-state index contributed by atoms with van der Waals surface area (Å²) in [5.74, 6) is 0.118. The molecule has 0 radical (unpaired) electrons. The quantitative estimate of drug-likeness (QED) is 0.775. The van der Waals surface area contributed by atoms with Crippen molar-refractivity contribution in [3.8, 4) is 0 Å². The summed E-state index contributed by atoms with van der Waals surface area (Å²) < 4.78 is 0. The van der Waals surface area contributed by atoms with E-state index in [1.54, 1.807) is 6.20 Å². The van der Waals surface area contributed by atoms with Gasteiger partial charge >= 0.3 is 0 Å². The number of rotatable bonds is 5. The van der Waals surface area contributed by atoms with Crippen LogP contribution in [0.25, 0.3) is 0 Å². The maximum Gasteiger partial charge on any atom is 0.171 e. The van der Waals surface area contributed by atoms with Gasteiger partial charge in [-0.1, -0.05) is 13.8 Å². The number of hydrogen-bond donors (Lipinski definition) is 1. The van der Waals surface area contributed by atoms with Gasteiger partial charge in [-0.3, -0.25) is 9.78 Å². The number of carbonyl (C=O) groups is 1. The minimum Gasteiger partial charge on any atom is -0.329 e. The van der Waals surface area contributed by atoms with Crippen molar-refractivity contribution in [1.29, 1.82) is 0 Å². The van der Waals surface area contributed by atoms with Crippen molar-refractivity contribution in [2.24, 2.45) is 11.1 Å². The van der Waals surface area contributed by atoms with Crippen molar-refractivity contribution in [2.75, 3.05) is 6.54 Å². The molecule has 0 bridgehead atoms. The van der Waals surface area contributed by atoms with Gasteiger partial charge in [-0.2, -0.15) is 0 Å². The second-order valence-corrected chi connectivity index (χ2v) is 4.21. The lowest BCUT2D eigenvalue weighted by molar-refractivity contribution is 0.0787. The molecular weight excluding hydrogens is 200 g/mol. The van der Waals surface area contributed by atoms with E-state index in [-0.39, 0.29) is 5.78 Å². The highest BCUT2D eigenvalue weighted by atomic mass is 16.1. The predicted molar refractivity (Wildman–Crippen MR) is 65.4 cm³/mol. The molecule has 1 rings (SSSR count). The van der Waals surface area contributed by atoms with Crippen LogP contribution in [0.2, 0.25) is 0 Å². The van der Waals surface area contributed by atoms with Crippen molar-refractivity contribution >= 4 is 5.78 Å². The van der Waals surface area contributed by atoms with Crippen molar-refractivity contribution in [1.82, 2.24) is 4.98 Å². The number of nitrogens with two attached hydrogens (primary N) is 1. The summed E-state index contributed by atoms with van der Waals surface area (Å²) in [6.07, 6.45) is 3.19. The third-order valence-corrected chi connectivity index (χ3v) is 3.40. The molecule has 0 aliphatic carbocycles. The summed E-state index contributed by atoms with van der Waals surface area (Å²) in [5.41, 5.74) is 6.92. The number of Topliss-reactive ketones (excluding diaryl/α,β-unsaturated/α-hetero) is 1. The molecule has 1 aromatic rings. The fourth-order valence-corrected chi connectivity index (χ4v) is 1.86. The molecule has 88 valence electrons. The van der Waals surface area contributed by atoms with Crippen molar-refractivity contribution in [3.05, 3.63) is 29.6 Å². The van der Waals surface area contributed by atoms with E-state index in [1.807, 2.05) is 32.9 Å². The standard InChI is InChI=1S/C13H20N2O/c1-4-13(5-2,9-14)12(16)11-7-6-10(3)15-8-11/h6-8H,4-5,9,14H2,1-3H3. The molecule has 0 saturated heterocycles. The van der Waals surface area contributed by atoms with E-state index in [0.717, 1.165) is 18.5 Å². The molecule has 0 aromatic carbocycles. The van der Waals surface area contributed by atoms with Crippen molar-refractivity contribution in [2.45, 2.75) is 33.6 Å². The first-order valence-corrected chi connectivity index (χ1v) is 5.77. The average molecular weight is 220 g/mol. The van der Waals surface area contributed by atoms with Crippen LogP contribution in [-0.4, -0.2) is 17.3 Å². The monoisotopic (exact) mass is 220 g/mol. The Morgan fingerprint density at radius 2 is 2.00 bits per heavy atom. The Balaban J connectivity index is 3.04. The van der Waals surface area contributed by atoms with Gasteiger partial charge in [-0.05, 0) is 31.9 Å². The third-order valence-electron chi connectivity index (χ3n) is 3.40. The van der Waals surface area contributed by atoms with Crippen molar-refractivity contribution in [3.63, 3.8) is 0 Å². The van der Waals surface area contributed by atoms with Gasteiger partial charge in [0.1, 0.15) is 0 Å². The lowest BCUT2D eigenvalue weighted by atomic mass is 9.76. The number of aryl methyl sites for hydroxylation is 1. The van der Waals surface area contributed by atoms with Crippen LogP contribution in [-0.2, 0) is 0 Å². The Hall–Kier alpha value is -1.22. The van der Waals surface area contributed by atoms with Crippen LogP contribution in [0.15, 0.2) is 18.3 Å². The molecule has 3 nitrogen and oxygen atoms in total. The molecule has 0 atom stereocenters. The first-order valence-electron chi connectivity index (χ1n) is 5.77. The van der Waals surface area contributed by atoms with Crippen LogP contribution in [0, 0.1) is 12.3 Å². The molecule has 0 spiro atoms. The van der Waals surface area contributed by atoms with Gasteiger partial charge in [0, 0.05) is 29.4 Å². The SMILES string of the molecule is CCC(CC)(CN)C(=O)c1ccc(C)nc1. The summed E-state index contributed by atoms with van der Waals surface area (Å²) in [5, 5.41) is 0. The summed E-state index contributed by atoms with van der Waals surface area (Å²) in [6.45, 7) is 6.32. The van der Waals surface area contributed by atoms with E-state index in [1.165, 1.54) is 0 Å². The zero-order valence-corrected chi connectivity index (χ0v) is 10.3. The molecule has 16 heavy (non-hydrogen) atoms. The van der Waals surface area contributed by atoms with Gasteiger partial charge in [-0.15, -0.1) is 0 Å². The fourth-order valence-electron chi connectivity index (χ4n) is 1.86. The van der Waals surface area contributed by atoms with Crippen LogP contribution >= 0.6 is 0 Å². The highest BCUT2D eigenvalue weighted by Crippen LogP contribution is 2.29. The highest BCUT2D eigenvalue weighted by Gasteiger charge is 2.33. The number of nitrogens with zero attached hydrogens (tertiary/aromatic N) is 1. The number of aromatic nitrogens is 1. The summed E-state index contributed by atoms with van der Waals surface area (Å²) in [4.78, 5) is 16.5. The van der Waals surface area contributed by atoms with Gasteiger partial charge in [0.2, 0.25) is 0 Å². The summed E-state index contributed by atoms with van der Waals surface area (Å²) in [6, 6.07) is 3.69. The zero-order chi connectivity index (χ0) is 12.2. The van der Waals surface area contributed by atoms with E-state index in [2.05, 4.69) is 4.98 Å². The van der Waals surface area contributed by atoms with Gasteiger partial charge in [0.25, 0.3) is 0 Å². The first-order chi connectivity index (χ1) is 7.59. The van der Waals surface area contributed by atoms with E-state index >= 15 is 0 Å². The Morgan fingerprint density at radius 3 is 2.38 bits per heavy atom. The van der Waals surface area contributed by atoms with Gasteiger partial charge in [-0.25, -0.2) is 0 Å². The second kappa shape index (κ2) is 5.21. The molecule has 3 heteroatoms. The zero-order valence-electron chi connectivity index (χ0n) is 10.3. The molecule has 1 aromatic heterocycles. The molecule has 2 N–H and O–H groups in total. The van der Waals surface area contributed by atoms with Crippen LogP contribution in [0.4, 0.5) is 0 Å². The highest BCUT2D eigenvalue weighted by molar-refractivity contribution is 6.00. The molecule has 0 fully saturated rings. The second-order valence-electron chi connectivity index (χ2n) is 4.21. The lowest BCUT2D eigenvalue weighted by Gasteiger charge is -2.28. The molecule has 0 aliphatic rings. The Bertz CT molecular complexity index is 344. The molecule has 0 amide bonds. The Kier molecular flexibility index (Phi) is 4.19. The lowest BCUT2D eigenvalue weighted by Crippen LogP contribution is -2.37. The molecular formula is C13H20N2O. The Labute approximate surface area is 97.1 Å². The topological polar surface area (TPSA) is 56.0 Å². The van der Waals surface area contributed by atoms with Crippen LogP contribution in [0.5, 0.6) is 0 Å². The van der Waals surface area contributed by atoms with Crippen LogP contribution in [0.3, 0.4) is 0 Å². The van der Waals surface area contributed by atoms with E-state index < -0.39 is 5.41 Å². The molecule has 0 unspecified atom stereocenters. The van der Waals surface area contributed by atoms with E-state index in [4.69, 9.17) is 5.73 Å².